The highest BCUT2D eigenvalue weighted by atomic mass is 15.3. The molecule has 7 nitrogen and oxygen atoms in total. The maximum Gasteiger partial charge on any atom is 0.229 e. The van der Waals surface area contributed by atoms with E-state index >= 15 is 0 Å². The van der Waals surface area contributed by atoms with E-state index in [0.29, 0.717) is 17.6 Å². The summed E-state index contributed by atoms with van der Waals surface area (Å²) >= 11 is 0. The van der Waals surface area contributed by atoms with Crippen LogP contribution in [-0.2, 0) is 6.42 Å². The number of hydrogen-bond donors (Lipinski definition) is 2. The molecule has 3 aromatic rings. The second-order valence-electron chi connectivity index (χ2n) is 7.92. The quantitative estimate of drug-likeness (QED) is 0.530. The number of nitrogen functional groups attached to an aromatic ring is 1. The van der Waals surface area contributed by atoms with Crippen LogP contribution in [0.5, 0.6) is 0 Å². The lowest BCUT2D eigenvalue weighted by Gasteiger charge is -2.35. The first-order valence-electron chi connectivity index (χ1n) is 11.1. The number of hydrogen-bond acceptors (Lipinski definition) is 7. The predicted octanol–water partition coefficient (Wildman–Crippen LogP) is 4.26. The van der Waals surface area contributed by atoms with E-state index in [2.05, 4.69) is 56.3 Å². The van der Waals surface area contributed by atoms with E-state index in [4.69, 9.17) is 10.7 Å². The van der Waals surface area contributed by atoms with Crippen LogP contribution in [-0.4, -0.2) is 41.1 Å². The zero-order chi connectivity index (χ0) is 21.5. The van der Waals surface area contributed by atoms with Crippen molar-refractivity contribution in [2.45, 2.75) is 32.6 Å². The maximum absolute atomic E-state index is 6.09. The van der Waals surface area contributed by atoms with Gasteiger partial charge in [0, 0.05) is 44.1 Å². The largest absolute Gasteiger partial charge is 0.383 e. The Balaban J connectivity index is 1.38. The first kappa shape index (κ1) is 20.9. The third-order valence-electron chi connectivity index (χ3n) is 5.57. The fourth-order valence-electron chi connectivity index (χ4n) is 3.82. The Morgan fingerprint density at radius 1 is 0.935 bits per heavy atom. The van der Waals surface area contributed by atoms with Crippen LogP contribution >= 0.6 is 0 Å². The van der Waals surface area contributed by atoms with Gasteiger partial charge in [-0.3, -0.25) is 0 Å². The highest BCUT2D eigenvalue weighted by molar-refractivity contribution is 5.61. The van der Waals surface area contributed by atoms with E-state index < -0.39 is 0 Å². The van der Waals surface area contributed by atoms with Crippen molar-refractivity contribution >= 4 is 29.1 Å². The van der Waals surface area contributed by atoms with Crippen LogP contribution < -0.4 is 20.9 Å². The van der Waals surface area contributed by atoms with Gasteiger partial charge in [-0.15, -0.1) is 0 Å². The summed E-state index contributed by atoms with van der Waals surface area (Å²) in [7, 11) is 0. The topological polar surface area (TPSA) is 83.2 Å². The Kier molecular flexibility index (Phi) is 6.82. The zero-order valence-corrected chi connectivity index (χ0v) is 18.2. The van der Waals surface area contributed by atoms with Gasteiger partial charge >= 0.3 is 0 Å². The molecule has 31 heavy (non-hydrogen) atoms. The number of rotatable bonds is 8. The summed E-state index contributed by atoms with van der Waals surface area (Å²) in [5.41, 5.74) is 8.46. The van der Waals surface area contributed by atoms with Gasteiger partial charge in [-0.2, -0.15) is 9.97 Å². The van der Waals surface area contributed by atoms with E-state index in [1.807, 2.05) is 24.4 Å². The summed E-state index contributed by atoms with van der Waals surface area (Å²) in [6, 6.07) is 16.4. The van der Waals surface area contributed by atoms with Crippen molar-refractivity contribution < 1.29 is 0 Å². The highest BCUT2D eigenvalue weighted by Crippen LogP contribution is 2.22. The highest BCUT2D eigenvalue weighted by Gasteiger charge is 2.20. The smallest absolute Gasteiger partial charge is 0.229 e. The normalized spacial score (nSPS) is 14.0. The number of nitrogens with zero attached hydrogens (tertiary/aromatic N) is 5. The molecule has 7 heteroatoms. The molecule has 1 aromatic carbocycles. The molecule has 162 valence electrons. The molecule has 1 aliphatic rings. The van der Waals surface area contributed by atoms with Crippen molar-refractivity contribution in [1.82, 2.24) is 15.0 Å². The van der Waals surface area contributed by atoms with E-state index in [9.17, 15) is 0 Å². The minimum Gasteiger partial charge on any atom is -0.383 e. The maximum atomic E-state index is 6.09. The molecule has 3 N–H and O–H groups in total. The molecule has 0 atom stereocenters. The molecule has 0 radical (unpaired) electrons. The van der Waals surface area contributed by atoms with Gasteiger partial charge in [0.1, 0.15) is 17.5 Å². The average Bonchev–Trinajstić information content (AvgIpc) is 2.81. The minimum absolute atomic E-state index is 0.468. The SMILES string of the molecule is CCCCCc1ccc(Nc2cc(N)nc(N3CCN(c4ccccn4)CC3)n2)cc1. The first-order valence-corrected chi connectivity index (χ1v) is 11.1. The van der Waals surface area contributed by atoms with Crippen molar-refractivity contribution in [2.24, 2.45) is 0 Å². The minimum atomic E-state index is 0.468. The number of aryl methyl sites for hydroxylation is 1. The van der Waals surface area contributed by atoms with Gasteiger partial charge < -0.3 is 20.9 Å². The van der Waals surface area contributed by atoms with Crippen molar-refractivity contribution in [1.29, 1.82) is 0 Å². The lowest BCUT2D eigenvalue weighted by Crippen LogP contribution is -2.47. The zero-order valence-electron chi connectivity index (χ0n) is 18.2. The molecule has 0 aliphatic carbocycles. The van der Waals surface area contributed by atoms with E-state index in [-0.39, 0.29) is 0 Å². The van der Waals surface area contributed by atoms with Gasteiger partial charge in [0.05, 0.1) is 0 Å². The van der Waals surface area contributed by atoms with Crippen LogP contribution in [0.15, 0.2) is 54.7 Å². The fourth-order valence-corrected chi connectivity index (χ4v) is 3.82. The number of pyridine rings is 1. The molecule has 0 spiro atoms. The van der Waals surface area contributed by atoms with Crippen LogP contribution in [0.4, 0.5) is 29.1 Å². The molecular formula is C24H31N7. The summed E-state index contributed by atoms with van der Waals surface area (Å²) in [6.45, 7) is 5.63. The lowest BCUT2D eigenvalue weighted by atomic mass is 10.1. The van der Waals surface area contributed by atoms with E-state index in [1.165, 1.54) is 24.8 Å². The Morgan fingerprint density at radius 3 is 2.42 bits per heavy atom. The monoisotopic (exact) mass is 417 g/mol. The van der Waals surface area contributed by atoms with Gasteiger partial charge in [-0.25, -0.2) is 4.98 Å². The van der Waals surface area contributed by atoms with Gasteiger partial charge in [0.15, 0.2) is 0 Å². The Hall–Kier alpha value is -3.35. The van der Waals surface area contributed by atoms with E-state index in [1.54, 1.807) is 6.07 Å². The molecule has 0 unspecified atom stereocenters. The summed E-state index contributed by atoms with van der Waals surface area (Å²) in [6.07, 6.45) is 6.72. The standard InChI is InChI=1S/C24H31N7/c1-2-3-4-7-19-9-11-20(12-10-19)27-22-18-21(25)28-24(29-22)31-16-14-30(15-17-31)23-8-5-6-13-26-23/h5-6,8-13,18H,2-4,7,14-17H2,1H3,(H3,25,27,28,29). The number of nitrogens with one attached hydrogen (secondary N) is 1. The third-order valence-corrected chi connectivity index (χ3v) is 5.57. The van der Waals surface area contributed by atoms with Crippen molar-refractivity contribution in [3.8, 4) is 0 Å². The second-order valence-corrected chi connectivity index (χ2v) is 7.92. The molecule has 0 amide bonds. The number of benzene rings is 1. The predicted molar refractivity (Wildman–Crippen MR) is 128 cm³/mol. The second kappa shape index (κ2) is 10.1. The summed E-state index contributed by atoms with van der Waals surface area (Å²) < 4.78 is 0. The van der Waals surface area contributed by atoms with Gasteiger partial charge in [0.2, 0.25) is 5.95 Å². The van der Waals surface area contributed by atoms with Gasteiger partial charge in [-0.05, 0) is 42.7 Å². The molecule has 1 fully saturated rings. The van der Waals surface area contributed by atoms with Crippen molar-refractivity contribution in [3.05, 3.63) is 60.3 Å². The Bertz CT molecular complexity index is 951. The molecule has 2 aromatic heterocycles. The molecular weight excluding hydrogens is 386 g/mol. The van der Waals surface area contributed by atoms with Crippen LogP contribution in [0.25, 0.3) is 0 Å². The summed E-state index contributed by atoms with van der Waals surface area (Å²) in [5, 5.41) is 3.38. The average molecular weight is 418 g/mol. The van der Waals surface area contributed by atoms with Crippen LogP contribution in [0.2, 0.25) is 0 Å². The number of piperazine rings is 1. The van der Waals surface area contributed by atoms with Crippen LogP contribution in [0, 0.1) is 0 Å². The lowest BCUT2D eigenvalue weighted by molar-refractivity contribution is 0.635. The van der Waals surface area contributed by atoms with Crippen LogP contribution in [0.1, 0.15) is 31.7 Å². The molecule has 0 bridgehead atoms. The number of aromatic nitrogens is 3. The van der Waals surface area contributed by atoms with Gasteiger partial charge in [-0.1, -0.05) is 38.0 Å². The van der Waals surface area contributed by atoms with E-state index in [0.717, 1.165) is 44.1 Å². The van der Waals surface area contributed by atoms with Crippen molar-refractivity contribution in [2.75, 3.05) is 47.0 Å². The summed E-state index contributed by atoms with van der Waals surface area (Å²) in [5.74, 6) is 2.86. The van der Waals surface area contributed by atoms with Gasteiger partial charge in [0.25, 0.3) is 0 Å². The third kappa shape index (κ3) is 5.63. The molecule has 4 rings (SSSR count). The Morgan fingerprint density at radius 2 is 1.71 bits per heavy atom. The van der Waals surface area contributed by atoms with Crippen molar-refractivity contribution in [3.63, 3.8) is 0 Å². The molecule has 1 saturated heterocycles. The Labute approximate surface area is 184 Å². The molecule has 1 aliphatic heterocycles. The number of unbranched alkanes of at least 4 members (excludes halogenated alkanes) is 2. The summed E-state index contributed by atoms with van der Waals surface area (Å²) in [4.78, 5) is 18.1. The fraction of sp³-hybridized carbons (Fsp3) is 0.375. The molecule has 3 heterocycles. The number of anilines is 5. The molecule has 0 saturated carbocycles. The first-order chi connectivity index (χ1) is 15.2. The van der Waals surface area contributed by atoms with Crippen LogP contribution in [0.3, 0.4) is 0 Å². The number of nitrogens with two attached hydrogens (primary N) is 1.